The second-order valence-electron chi connectivity index (χ2n) is 6.10. The van der Waals surface area contributed by atoms with Crippen LogP contribution in [0, 0.1) is 0 Å². The summed E-state index contributed by atoms with van der Waals surface area (Å²) in [7, 11) is 0. The van der Waals surface area contributed by atoms with Gasteiger partial charge in [-0.2, -0.15) is 13.2 Å². The molecule has 1 aromatic carbocycles. The number of halogens is 4. The molecule has 0 unspecified atom stereocenters. The summed E-state index contributed by atoms with van der Waals surface area (Å²) in [5, 5.41) is 29.9. The number of aliphatic carboxylic acids is 2. The summed E-state index contributed by atoms with van der Waals surface area (Å²) >= 11 is 6.05. The number of nitrogens with zero attached hydrogens (tertiary/aromatic N) is 1. The minimum absolute atomic E-state index is 0.0588. The highest BCUT2D eigenvalue weighted by molar-refractivity contribution is 6.34. The minimum atomic E-state index is -5.08. The van der Waals surface area contributed by atoms with Crippen LogP contribution in [0.5, 0.6) is 5.75 Å². The van der Waals surface area contributed by atoms with Gasteiger partial charge in [0.25, 0.3) is 5.91 Å². The molecule has 1 aromatic heterocycles. The molecular formula is C18H19ClF3N3O6. The molecule has 0 bridgehead atoms. The number of aromatic nitrogens is 1. The predicted molar refractivity (Wildman–Crippen MR) is 104 cm³/mol. The fourth-order valence-corrected chi connectivity index (χ4v) is 2.59. The largest absolute Gasteiger partial charge is 0.505 e. The van der Waals surface area contributed by atoms with E-state index in [1.54, 1.807) is 24.3 Å². The van der Waals surface area contributed by atoms with Crippen molar-refractivity contribution in [3.8, 4) is 5.75 Å². The van der Waals surface area contributed by atoms with E-state index in [-0.39, 0.29) is 23.0 Å². The van der Waals surface area contributed by atoms with Crippen LogP contribution in [0.15, 0.2) is 24.3 Å². The number of fused-ring (bicyclic) bond motifs is 1. The number of nitrogens with two attached hydrogens (primary N) is 1. The number of carboxylic acids is 2. The van der Waals surface area contributed by atoms with Gasteiger partial charge in [0, 0.05) is 10.8 Å². The van der Waals surface area contributed by atoms with Crippen LogP contribution in [0.1, 0.15) is 29.8 Å². The molecule has 0 spiro atoms. The highest BCUT2D eigenvalue weighted by Gasteiger charge is 2.38. The van der Waals surface area contributed by atoms with E-state index >= 15 is 0 Å². The van der Waals surface area contributed by atoms with Crippen molar-refractivity contribution in [2.75, 3.05) is 6.54 Å². The van der Waals surface area contributed by atoms with Crippen LogP contribution in [0.4, 0.5) is 13.2 Å². The minimum Gasteiger partial charge on any atom is -0.505 e. The number of hydrogen-bond donors (Lipinski definition) is 5. The van der Waals surface area contributed by atoms with Crippen LogP contribution in [-0.4, -0.2) is 56.9 Å². The van der Waals surface area contributed by atoms with Crippen molar-refractivity contribution in [3.05, 3.63) is 35.1 Å². The molecule has 0 aliphatic heterocycles. The van der Waals surface area contributed by atoms with Crippen LogP contribution >= 0.6 is 11.6 Å². The average Bonchev–Trinajstić information content (AvgIpc) is 2.69. The molecule has 0 fully saturated rings. The zero-order valence-electron chi connectivity index (χ0n) is 15.8. The lowest BCUT2D eigenvalue weighted by Gasteiger charge is -2.15. The van der Waals surface area contributed by atoms with Crippen molar-refractivity contribution >= 4 is 40.2 Å². The summed E-state index contributed by atoms with van der Waals surface area (Å²) in [6.07, 6.45) is -3.63. The second kappa shape index (κ2) is 11.3. The molecule has 2 rings (SSSR count). The molecular weight excluding hydrogens is 447 g/mol. The fraction of sp³-hybridized carbons (Fsp3) is 0.333. The molecule has 1 heterocycles. The van der Waals surface area contributed by atoms with Gasteiger partial charge in [-0.1, -0.05) is 35.9 Å². The van der Waals surface area contributed by atoms with E-state index in [1.807, 2.05) is 0 Å². The van der Waals surface area contributed by atoms with E-state index in [1.165, 1.54) is 0 Å². The van der Waals surface area contributed by atoms with Crippen LogP contribution in [-0.2, 0) is 9.59 Å². The maximum absolute atomic E-state index is 12.3. The highest BCUT2D eigenvalue weighted by Crippen LogP contribution is 2.31. The Morgan fingerprint density at radius 1 is 1.13 bits per heavy atom. The molecule has 2 aromatic rings. The summed E-state index contributed by atoms with van der Waals surface area (Å²) < 4.78 is 31.7. The maximum Gasteiger partial charge on any atom is 0.490 e. The topological polar surface area (TPSA) is 163 Å². The number of alkyl halides is 3. The van der Waals surface area contributed by atoms with Crippen LogP contribution in [0.2, 0.25) is 5.15 Å². The van der Waals surface area contributed by atoms with Crippen LogP contribution < -0.4 is 11.1 Å². The maximum atomic E-state index is 12.3. The zero-order chi connectivity index (χ0) is 23.8. The third kappa shape index (κ3) is 7.57. The molecule has 0 saturated heterocycles. The summed E-state index contributed by atoms with van der Waals surface area (Å²) in [5.41, 5.74) is 5.08. The molecule has 9 nitrogen and oxygen atoms in total. The van der Waals surface area contributed by atoms with Gasteiger partial charge in [0.15, 0.2) is 11.4 Å². The van der Waals surface area contributed by atoms with Crippen molar-refractivity contribution < 1.29 is 42.9 Å². The smallest absolute Gasteiger partial charge is 0.490 e. The van der Waals surface area contributed by atoms with Crippen molar-refractivity contribution in [3.63, 3.8) is 0 Å². The molecule has 0 aliphatic rings. The third-order valence-corrected chi connectivity index (χ3v) is 4.13. The van der Waals surface area contributed by atoms with Gasteiger partial charge in [-0.25, -0.2) is 14.6 Å². The summed E-state index contributed by atoms with van der Waals surface area (Å²) in [6.45, 7) is 0.447. The monoisotopic (exact) mass is 465 g/mol. The number of amides is 1. The number of aromatic hydroxyl groups is 1. The molecule has 13 heteroatoms. The molecule has 31 heavy (non-hydrogen) atoms. The van der Waals surface area contributed by atoms with E-state index in [4.69, 9.17) is 27.2 Å². The van der Waals surface area contributed by atoms with E-state index in [0.29, 0.717) is 30.2 Å². The first-order valence-electron chi connectivity index (χ1n) is 8.71. The van der Waals surface area contributed by atoms with E-state index in [9.17, 15) is 33.0 Å². The van der Waals surface area contributed by atoms with Gasteiger partial charge in [0.05, 0.1) is 0 Å². The lowest BCUT2D eigenvalue weighted by Crippen LogP contribution is -2.41. The normalized spacial score (nSPS) is 11.9. The van der Waals surface area contributed by atoms with Gasteiger partial charge in [-0.15, -0.1) is 0 Å². The highest BCUT2D eigenvalue weighted by atomic mass is 35.5. The molecule has 170 valence electrons. The van der Waals surface area contributed by atoms with Crippen molar-refractivity contribution in [2.45, 2.75) is 31.5 Å². The van der Waals surface area contributed by atoms with Gasteiger partial charge in [-0.05, 0) is 25.8 Å². The Balaban J connectivity index is 0.000000592. The Morgan fingerprint density at radius 3 is 2.16 bits per heavy atom. The van der Waals surface area contributed by atoms with Gasteiger partial charge in [0.1, 0.15) is 11.2 Å². The Bertz CT molecular complexity index is 955. The fourth-order valence-electron chi connectivity index (χ4n) is 2.34. The SMILES string of the molecule is NCCCC[C@@H](NC(=O)c1nc(Cl)c2ccccc2c1O)C(=O)O.O=C(O)C(F)(F)F. The molecule has 1 amide bonds. The van der Waals surface area contributed by atoms with Crippen molar-refractivity contribution in [1.29, 1.82) is 0 Å². The molecule has 1 atom stereocenters. The van der Waals surface area contributed by atoms with Gasteiger partial charge in [-0.3, -0.25) is 4.79 Å². The number of unbranched alkanes of at least 4 members (excludes halogenated alkanes) is 1. The first-order chi connectivity index (χ1) is 14.4. The number of benzene rings is 1. The number of carbonyl (C=O) groups is 3. The van der Waals surface area contributed by atoms with E-state index in [0.717, 1.165) is 0 Å². The standard InChI is InChI=1S/C16H18ClN3O4.C2HF3O2/c17-14-10-6-2-1-5-9(10)13(21)12(20-14)15(22)19-11(16(23)24)7-3-4-8-18;3-2(4,5)1(6)7/h1-2,5-6,11,21H,3-4,7-8,18H2,(H,19,22)(H,23,24);(H,6,7)/t11-;/m1./s1. The Morgan fingerprint density at radius 2 is 1.68 bits per heavy atom. The van der Waals surface area contributed by atoms with Crippen molar-refractivity contribution in [1.82, 2.24) is 10.3 Å². The number of pyridine rings is 1. The first-order valence-corrected chi connectivity index (χ1v) is 9.09. The lowest BCUT2D eigenvalue weighted by molar-refractivity contribution is -0.192. The Hall–Kier alpha value is -3.12. The third-order valence-electron chi connectivity index (χ3n) is 3.85. The molecule has 0 aliphatic carbocycles. The Kier molecular flexibility index (Phi) is 9.46. The number of hydrogen-bond acceptors (Lipinski definition) is 6. The van der Waals surface area contributed by atoms with Crippen molar-refractivity contribution in [2.24, 2.45) is 5.73 Å². The first kappa shape index (κ1) is 25.9. The van der Waals surface area contributed by atoms with Crippen LogP contribution in [0.3, 0.4) is 0 Å². The average molecular weight is 466 g/mol. The van der Waals surface area contributed by atoms with Crippen LogP contribution in [0.25, 0.3) is 10.8 Å². The van der Waals surface area contributed by atoms with Gasteiger partial charge in [0.2, 0.25) is 0 Å². The number of rotatable bonds is 7. The molecule has 0 radical (unpaired) electrons. The molecule has 0 saturated carbocycles. The van der Waals surface area contributed by atoms with E-state index < -0.39 is 30.1 Å². The predicted octanol–water partition coefficient (Wildman–Crippen LogP) is 2.54. The number of nitrogens with one attached hydrogen (secondary N) is 1. The second-order valence-corrected chi connectivity index (χ2v) is 6.46. The Labute approximate surface area is 178 Å². The summed E-state index contributed by atoms with van der Waals surface area (Å²) in [4.78, 5) is 36.4. The zero-order valence-corrected chi connectivity index (χ0v) is 16.6. The van der Waals surface area contributed by atoms with Gasteiger partial charge < -0.3 is 26.4 Å². The lowest BCUT2D eigenvalue weighted by atomic mass is 10.1. The number of carboxylic acid groups (broad SMARTS) is 2. The molecule has 6 N–H and O–H groups in total. The van der Waals surface area contributed by atoms with Gasteiger partial charge >= 0.3 is 18.1 Å². The quantitative estimate of drug-likeness (QED) is 0.307. The number of carbonyl (C=O) groups excluding carboxylic acids is 1. The summed E-state index contributed by atoms with van der Waals surface area (Å²) in [5.74, 6) is -5.04. The van der Waals surface area contributed by atoms with E-state index in [2.05, 4.69) is 10.3 Å². The summed E-state index contributed by atoms with van der Waals surface area (Å²) in [6, 6.07) is 5.60.